The number of nitrogens with one attached hydrogen (secondary N) is 1. The van der Waals surface area contributed by atoms with E-state index in [1.807, 2.05) is 6.92 Å². The maximum Gasteiger partial charge on any atom is 0.413 e. The van der Waals surface area contributed by atoms with E-state index in [-0.39, 0.29) is 19.2 Å². The van der Waals surface area contributed by atoms with Crippen LogP contribution in [0.5, 0.6) is 0 Å². The molecule has 0 radical (unpaired) electrons. The molecule has 8 heteroatoms. The highest BCUT2D eigenvalue weighted by Gasteiger charge is 2.13. The van der Waals surface area contributed by atoms with Crippen molar-refractivity contribution < 1.29 is 14.3 Å². The summed E-state index contributed by atoms with van der Waals surface area (Å²) >= 11 is 0. The molecule has 3 N–H and O–H groups in total. The first-order valence-electron chi connectivity index (χ1n) is 6.19. The quantitative estimate of drug-likeness (QED) is 0.770. The number of rotatable bonds is 6. The Labute approximate surface area is 111 Å². The highest BCUT2D eigenvalue weighted by atomic mass is 16.5. The van der Waals surface area contributed by atoms with Gasteiger partial charge in [0.1, 0.15) is 6.54 Å². The average molecular weight is 269 g/mol. The molecular formula is C11H19N5O3. The van der Waals surface area contributed by atoms with E-state index in [4.69, 9.17) is 5.73 Å². The molecule has 0 saturated heterocycles. The van der Waals surface area contributed by atoms with Crippen molar-refractivity contribution in [3.63, 3.8) is 0 Å². The molecule has 1 heterocycles. The molecule has 1 unspecified atom stereocenters. The molecule has 0 aliphatic heterocycles. The second kappa shape index (κ2) is 7.47. The monoisotopic (exact) mass is 269 g/mol. The summed E-state index contributed by atoms with van der Waals surface area (Å²) in [6, 6.07) is -0.188. The molecule has 19 heavy (non-hydrogen) atoms. The van der Waals surface area contributed by atoms with Crippen molar-refractivity contribution in [1.82, 2.24) is 20.3 Å². The van der Waals surface area contributed by atoms with Crippen molar-refractivity contribution in [2.24, 2.45) is 5.73 Å². The average Bonchev–Trinajstić information content (AvgIpc) is 2.77. The van der Waals surface area contributed by atoms with Gasteiger partial charge in [-0.05, 0) is 13.3 Å². The SMILES string of the molecule is CCCC(N)c1cn(CC(=O)NC(=O)OCC)nn1. The zero-order chi connectivity index (χ0) is 14.3. The molecule has 1 rings (SSSR count). The Balaban J connectivity index is 2.49. The van der Waals surface area contributed by atoms with Crippen LogP contribution in [-0.4, -0.2) is 33.6 Å². The van der Waals surface area contributed by atoms with E-state index in [9.17, 15) is 9.59 Å². The van der Waals surface area contributed by atoms with Crippen LogP contribution in [0.1, 0.15) is 38.4 Å². The number of carbonyl (C=O) groups excluding carboxylic acids is 2. The second-order valence-corrected chi connectivity index (χ2v) is 4.00. The summed E-state index contributed by atoms with van der Waals surface area (Å²) in [5.41, 5.74) is 6.51. The van der Waals surface area contributed by atoms with Gasteiger partial charge in [-0.25, -0.2) is 9.48 Å². The maximum atomic E-state index is 11.5. The van der Waals surface area contributed by atoms with Crippen LogP contribution < -0.4 is 11.1 Å². The van der Waals surface area contributed by atoms with E-state index in [2.05, 4.69) is 20.4 Å². The van der Waals surface area contributed by atoms with Crippen molar-refractivity contribution >= 4 is 12.0 Å². The van der Waals surface area contributed by atoms with Gasteiger partial charge in [-0.3, -0.25) is 10.1 Å². The van der Waals surface area contributed by atoms with Gasteiger partial charge in [-0.15, -0.1) is 5.10 Å². The predicted octanol–water partition coefficient (Wildman–Crippen LogP) is 0.351. The summed E-state index contributed by atoms with van der Waals surface area (Å²) in [7, 11) is 0. The lowest BCUT2D eigenvalue weighted by Gasteiger charge is -2.05. The molecule has 2 amide bonds. The number of hydrogen-bond acceptors (Lipinski definition) is 6. The molecule has 0 saturated carbocycles. The topological polar surface area (TPSA) is 112 Å². The Morgan fingerprint density at radius 2 is 2.26 bits per heavy atom. The van der Waals surface area contributed by atoms with Gasteiger partial charge in [0, 0.05) is 0 Å². The number of alkyl carbamates (subject to hydrolysis) is 1. The molecule has 0 aliphatic carbocycles. The van der Waals surface area contributed by atoms with Crippen LogP contribution >= 0.6 is 0 Å². The fraction of sp³-hybridized carbons (Fsp3) is 0.636. The van der Waals surface area contributed by atoms with Gasteiger partial charge in [0.05, 0.1) is 24.5 Å². The number of imide groups is 1. The van der Waals surface area contributed by atoms with Gasteiger partial charge in [-0.1, -0.05) is 18.6 Å². The fourth-order valence-electron chi connectivity index (χ4n) is 1.49. The minimum Gasteiger partial charge on any atom is -0.450 e. The summed E-state index contributed by atoms with van der Waals surface area (Å²) < 4.78 is 5.92. The third-order valence-electron chi connectivity index (χ3n) is 2.36. The van der Waals surface area contributed by atoms with Gasteiger partial charge in [0.25, 0.3) is 5.91 Å². The van der Waals surface area contributed by atoms with E-state index < -0.39 is 12.0 Å². The van der Waals surface area contributed by atoms with Crippen LogP contribution in [0.4, 0.5) is 4.79 Å². The maximum absolute atomic E-state index is 11.5. The lowest BCUT2D eigenvalue weighted by atomic mass is 10.1. The zero-order valence-electron chi connectivity index (χ0n) is 11.1. The normalized spacial score (nSPS) is 11.9. The predicted molar refractivity (Wildman–Crippen MR) is 67.0 cm³/mol. The Morgan fingerprint density at radius 1 is 1.53 bits per heavy atom. The fourth-order valence-corrected chi connectivity index (χ4v) is 1.49. The molecule has 0 aliphatic rings. The van der Waals surface area contributed by atoms with Gasteiger partial charge in [0.15, 0.2) is 0 Å². The Bertz CT molecular complexity index is 432. The van der Waals surface area contributed by atoms with Crippen molar-refractivity contribution in [3.05, 3.63) is 11.9 Å². The number of nitrogens with two attached hydrogens (primary N) is 1. The number of ether oxygens (including phenoxy) is 1. The number of hydrogen-bond donors (Lipinski definition) is 2. The Kier molecular flexibility index (Phi) is 5.94. The summed E-state index contributed by atoms with van der Waals surface area (Å²) in [5, 5.41) is 9.75. The first-order chi connectivity index (χ1) is 9.06. The molecule has 0 aromatic carbocycles. The first-order valence-corrected chi connectivity index (χ1v) is 6.19. The van der Waals surface area contributed by atoms with Crippen LogP contribution in [0.2, 0.25) is 0 Å². The third kappa shape index (κ3) is 5.04. The van der Waals surface area contributed by atoms with E-state index >= 15 is 0 Å². The highest BCUT2D eigenvalue weighted by Crippen LogP contribution is 2.11. The lowest BCUT2D eigenvalue weighted by Crippen LogP contribution is -2.33. The largest absolute Gasteiger partial charge is 0.450 e. The summed E-state index contributed by atoms with van der Waals surface area (Å²) in [6.45, 7) is 3.78. The van der Waals surface area contributed by atoms with Crippen LogP contribution in [0, 0.1) is 0 Å². The van der Waals surface area contributed by atoms with Crippen molar-refractivity contribution in [2.75, 3.05) is 6.61 Å². The van der Waals surface area contributed by atoms with E-state index in [1.165, 1.54) is 4.68 Å². The van der Waals surface area contributed by atoms with Crippen LogP contribution in [0.15, 0.2) is 6.20 Å². The van der Waals surface area contributed by atoms with Crippen LogP contribution in [0.3, 0.4) is 0 Å². The van der Waals surface area contributed by atoms with E-state index in [0.717, 1.165) is 12.8 Å². The molecule has 1 aromatic rings. The third-order valence-corrected chi connectivity index (χ3v) is 2.36. The summed E-state index contributed by atoms with van der Waals surface area (Å²) in [6.07, 6.45) is 2.58. The molecular weight excluding hydrogens is 250 g/mol. The zero-order valence-corrected chi connectivity index (χ0v) is 11.1. The van der Waals surface area contributed by atoms with Crippen LogP contribution in [0.25, 0.3) is 0 Å². The number of aromatic nitrogens is 3. The van der Waals surface area contributed by atoms with Gasteiger partial charge < -0.3 is 10.5 Å². The molecule has 1 aromatic heterocycles. The van der Waals surface area contributed by atoms with Crippen molar-refractivity contribution in [2.45, 2.75) is 39.3 Å². The van der Waals surface area contributed by atoms with E-state index in [0.29, 0.717) is 5.69 Å². The molecule has 0 spiro atoms. The smallest absolute Gasteiger partial charge is 0.413 e. The molecule has 0 fully saturated rings. The number of amides is 2. The summed E-state index contributed by atoms with van der Waals surface area (Å²) in [4.78, 5) is 22.5. The van der Waals surface area contributed by atoms with Gasteiger partial charge in [-0.2, -0.15) is 0 Å². The Hall–Kier alpha value is -1.96. The number of nitrogens with zero attached hydrogens (tertiary/aromatic N) is 3. The van der Waals surface area contributed by atoms with E-state index in [1.54, 1.807) is 13.1 Å². The molecule has 1 atom stereocenters. The van der Waals surface area contributed by atoms with Gasteiger partial charge >= 0.3 is 6.09 Å². The second-order valence-electron chi connectivity index (χ2n) is 4.00. The van der Waals surface area contributed by atoms with Crippen molar-refractivity contribution in [1.29, 1.82) is 0 Å². The molecule has 0 bridgehead atoms. The molecule has 8 nitrogen and oxygen atoms in total. The number of carbonyl (C=O) groups is 2. The van der Waals surface area contributed by atoms with Crippen LogP contribution in [-0.2, 0) is 16.1 Å². The first kappa shape index (κ1) is 15.1. The van der Waals surface area contributed by atoms with Gasteiger partial charge in [0.2, 0.25) is 0 Å². The Morgan fingerprint density at radius 3 is 2.89 bits per heavy atom. The minimum atomic E-state index is -0.768. The minimum absolute atomic E-state index is 0.106. The lowest BCUT2D eigenvalue weighted by molar-refractivity contribution is -0.121. The highest BCUT2D eigenvalue weighted by molar-refractivity contribution is 5.91. The van der Waals surface area contributed by atoms with Crippen molar-refractivity contribution in [3.8, 4) is 0 Å². The standard InChI is InChI=1S/C11H19N5O3/c1-3-5-8(12)9-6-16(15-14-9)7-10(17)13-11(18)19-4-2/h6,8H,3-5,7,12H2,1-2H3,(H,13,17,18). The molecule has 106 valence electrons. The summed E-state index contributed by atoms with van der Waals surface area (Å²) in [5.74, 6) is -0.515.